The minimum Gasteiger partial charge on any atom is -0.504 e. The predicted molar refractivity (Wildman–Crippen MR) is 140 cm³/mol. The number of hydrogen-bond donors (Lipinski definition) is 6. The molecule has 218 valence electrons. The van der Waals surface area contributed by atoms with E-state index < -0.39 is 61.5 Å². The van der Waals surface area contributed by atoms with Crippen molar-refractivity contribution in [2.75, 3.05) is 34.5 Å². The molecular formula is C28H34O12. The Kier molecular flexibility index (Phi) is 9.06. The van der Waals surface area contributed by atoms with Crippen molar-refractivity contribution >= 4 is 12.0 Å². The number of methoxy groups -OCH3 is 3. The number of ether oxygens (including phenoxy) is 5. The van der Waals surface area contributed by atoms with Crippen molar-refractivity contribution in [1.82, 2.24) is 0 Å². The highest BCUT2D eigenvalue weighted by molar-refractivity contribution is 5.88. The van der Waals surface area contributed by atoms with Crippen molar-refractivity contribution in [2.24, 2.45) is 5.92 Å². The molecule has 2 aromatic carbocycles. The van der Waals surface area contributed by atoms with Gasteiger partial charge >= 0.3 is 5.97 Å². The zero-order valence-electron chi connectivity index (χ0n) is 22.3. The second-order valence-corrected chi connectivity index (χ2v) is 9.70. The lowest BCUT2D eigenvalue weighted by Gasteiger charge is -2.40. The maximum Gasteiger partial charge on any atom is 0.331 e. The summed E-state index contributed by atoms with van der Waals surface area (Å²) in [5.74, 6) is -2.15. The van der Waals surface area contributed by atoms with E-state index in [4.69, 9.17) is 23.7 Å². The Bertz CT molecular complexity index is 1220. The van der Waals surface area contributed by atoms with Gasteiger partial charge in [-0.25, -0.2) is 4.79 Å². The zero-order valence-corrected chi connectivity index (χ0v) is 22.3. The van der Waals surface area contributed by atoms with Gasteiger partial charge in [-0.1, -0.05) is 0 Å². The number of cyclic esters (lactones) is 1. The fourth-order valence-corrected chi connectivity index (χ4v) is 5.16. The van der Waals surface area contributed by atoms with E-state index in [1.54, 1.807) is 12.1 Å². The van der Waals surface area contributed by atoms with Crippen molar-refractivity contribution < 1.29 is 59.1 Å². The van der Waals surface area contributed by atoms with Gasteiger partial charge < -0.3 is 54.3 Å². The Hall–Kier alpha value is -3.55. The molecule has 6 N–H and O–H groups in total. The van der Waals surface area contributed by atoms with Gasteiger partial charge in [-0.2, -0.15) is 0 Å². The van der Waals surface area contributed by atoms with Crippen molar-refractivity contribution in [3.05, 3.63) is 47.0 Å². The summed E-state index contributed by atoms with van der Waals surface area (Å²) in [6.45, 7) is -0.946. The highest BCUT2D eigenvalue weighted by atomic mass is 16.6. The van der Waals surface area contributed by atoms with Crippen LogP contribution in [-0.2, 0) is 9.53 Å². The fourth-order valence-electron chi connectivity index (χ4n) is 5.16. The van der Waals surface area contributed by atoms with Crippen LogP contribution >= 0.6 is 0 Å². The lowest BCUT2D eigenvalue weighted by Crippen LogP contribution is -2.56. The van der Waals surface area contributed by atoms with Crippen molar-refractivity contribution in [1.29, 1.82) is 0 Å². The number of phenols is 1. The van der Waals surface area contributed by atoms with Gasteiger partial charge in [0.2, 0.25) is 5.75 Å². The van der Waals surface area contributed by atoms with E-state index in [1.165, 1.54) is 45.6 Å². The van der Waals surface area contributed by atoms with E-state index in [9.17, 15) is 35.4 Å². The van der Waals surface area contributed by atoms with Crippen LogP contribution in [0.3, 0.4) is 0 Å². The highest BCUT2D eigenvalue weighted by Crippen LogP contribution is 2.48. The molecule has 7 unspecified atom stereocenters. The summed E-state index contributed by atoms with van der Waals surface area (Å²) in [4.78, 5) is 12.7. The van der Waals surface area contributed by atoms with E-state index in [1.807, 2.05) is 0 Å². The number of carbonyl (C=O) groups is 1. The van der Waals surface area contributed by atoms with Crippen LogP contribution in [0, 0.1) is 5.92 Å². The van der Waals surface area contributed by atoms with Gasteiger partial charge in [0, 0.05) is 29.7 Å². The van der Waals surface area contributed by atoms with Gasteiger partial charge in [0.15, 0.2) is 23.0 Å². The van der Waals surface area contributed by atoms with Gasteiger partial charge in [-0.3, -0.25) is 0 Å². The second kappa shape index (κ2) is 12.3. The molecule has 12 nitrogen and oxygen atoms in total. The lowest BCUT2D eigenvalue weighted by molar-refractivity contribution is -0.157. The molecule has 4 rings (SSSR count). The molecule has 1 aliphatic carbocycles. The third-order valence-corrected chi connectivity index (χ3v) is 7.38. The molecule has 1 heterocycles. The highest BCUT2D eigenvalue weighted by Gasteiger charge is 2.44. The quantitative estimate of drug-likeness (QED) is 0.247. The van der Waals surface area contributed by atoms with E-state index in [2.05, 4.69) is 0 Å². The van der Waals surface area contributed by atoms with Gasteiger partial charge in [0.05, 0.1) is 40.0 Å². The number of hydrogen-bond acceptors (Lipinski definition) is 12. The van der Waals surface area contributed by atoms with Crippen LogP contribution in [0.5, 0.6) is 28.7 Å². The maximum absolute atomic E-state index is 12.7. The fraction of sp³-hybridized carbons (Fsp3) is 0.464. The average molecular weight is 563 g/mol. The molecule has 7 atom stereocenters. The lowest BCUT2D eigenvalue weighted by atomic mass is 9.81. The number of fused-ring (bicyclic) bond motifs is 2. The van der Waals surface area contributed by atoms with Crippen LogP contribution in [0.2, 0.25) is 0 Å². The average Bonchev–Trinajstić information content (AvgIpc) is 3.02. The maximum atomic E-state index is 12.7. The van der Waals surface area contributed by atoms with Crippen molar-refractivity contribution in [3.8, 4) is 28.7 Å². The van der Waals surface area contributed by atoms with Crippen LogP contribution in [0.1, 0.15) is 35.1 Å². The standard InChI is InChI=1S/C28H34O12/c1-36-18-7-13-4-5-22(31)40-27(17(12-30)16(6-13)24(18)33)14-8-20(37-2)28(21(9-14)38-3)39-19-10-15(11-29)23(32)26(35)25(19)34/h4-9,15,17,19,23,25-27,29-30,32-35H,10-12H2,1-3H3. The SMILES string of the molecule is COc1cc2cc(c1O)C(CO)C(c1cc(OC)c(OC3CC(CO)C(O)C(O)C3O)c(OC)c1)OC(=O)C=C2. The van der Waals surface area contributed by atoms with E-state index >= 15 is 0 Å². The van der Waals surface area contributed by atoms with Crippen LogP contribution in [0.4, 0.5) is 0 Å². The van der Waals surface area contributed by atoms with Crippen molar-refractivity contribution in [2.45, 2.75) is 42.9 Å². The monoisotopic (exact) mass is 562 g/mol. The molecule has 1 fully saturated rings. The molecule has 0 aromatic heterocycles. The number of phenolic OH excluding ortho intramolecular Hbond substituents is 1. The van der Waals surface area contributed by atoms with Crippen LogP contribution < -0.4 is 18.9 Å². The molecule has 40 heavy (non-hydrogen) atoms. The number of benzene rings is 2. The number of carbonyl (C=O) groups excluding carboxylic acids is 1. The normalized spacial score (nSPS) is 28.1. The summed E-state index contributed by atoms with van der Waals surface area (Å²) in [6, 6.07) is 6.18. The van der Waals surface area contributed by atoms with Crippen LogP contribution in [0.25, 0.3) is 6.08 Å². The summed E-state index contributed by atoms with van der Waals surface area (Å²) in [6.07, 6.45) is -3.77. The van der Waals surface area contributed by atoms with Gasteiger partial charge in [-0.05, 0) is 42.3 Å². The molecule has 0 amide bonds. The van der Waals surface area contributed by atoms with Crippen LogP contribution in [0.15, 0.2) is 30.3 Å². The summed E-state index contributed by atoms with van der Waals surface area (Å²) in [7, 11) is 4.11. The smallest absolute Gasteiger partial charge is 0.331 e. The number of aliphatic hydroxyl groups excluding tert-OH is 5. The minimum atomic E-state index is -1.55. The first-order valence-corrected chi connectivity index (χ1v) is 12.6. The summed E-state index contributed by atoms with van der Waals surface area (Å²) in [5.41, 5.74) is 1.17. The molecule has 0 saturated heterocycles. The number of rotatable bonds is 8. The molecule has 12 heteroatoms. The topological polar surface area (TPSA) is 185 Å². The first-order valence-electron chi connectivity index (χ1n) is 12.6. The number of esters is 1. The molecule has 1 aliphatic heterocycles. The zero-order chi connectivity index (χ0) is 29.1. The first-order chi connectivity index (χ1) is 19.2. The first kappa shape index (κ1) is 29.4. The van der Waals surface area contributed by atoms with Crippen molar-refractivity contribution in [3.63, 3.8) is 0 Å². The third kappa shape index (κ3) is 5.54. The molecule has 2 aliphatic rings. The number of aliphatic hydroxyl groups is 5. The molecule has 2 aromatic rings. The Labute approximate surface area is 230 Å². The molecule has 2 bridgehead atoms. The van der Waals surface area contributed by atoms with E-state index in [0.29, 0.717) is 11.1 Å². The summed E-state index contributed by atoms with van der Waals surface area (Å²) < 4.78 is 28.1. The Morgan fingerprint density at radius 1 is 0.850 bits per heavy atom. The number of aromatic hydroxyl groups is 1. The minimum absolute atomic E-state index is 0.0283. The molecule has 0 radical (unpaired) electrons. The Morgan fingerprint density at radius 3 is 2.08 bits per heavy atom. The predicted octanol–water partition coefficient (Wildman–Crippen LogP) is 0.647. The van der Waals surface area contributed by atoms with E-state index in [0.717, 1.165) is 0 Å². The molecule has 1 saturated carbocycles. The third-order valence-electron chi connectivity index (χ3n) is 7.38. The van der Waals surface area contributed by atoms with Gasteiger partial charge in [0.1, 0.15) is 24.4 Å². The van der Waals surface area contributed by atoms with Gasteiger partial charge in [0.25, 0.3) is 0 Å². The summed E-state index contributed by atoms with van der Waals surface area (Å²) >= 11 is 0. The van der Waals surface area contributed by atoms with Crippen LogP contribution in [-0.4, -0.2) is 95.6 Å². The molecule has 0 spiro atoms. The summed E-state index contributed by atoms with van der Waals surface area (Å²) in [5, 5.41) is 61.9. The Balaban J connectivity index is 1.78. The Morgan fingerprint density at radius 2 is 1.50 bits per heavy atom. The second-order valence-electron chi connectivity index (χ2n) is 9.70. The van der Waals surface area contributed by atoms with E-state index in [-0.39, 0.29) is 40.7 Å². The van der Waals surface area contributed by atoms with Gasteiger partial charge in [-0.15, -0.1) is 0 Å². The largest absolute Gasteiger partial charge is 0.504 e. The molecular weight excluding hydrogens is 528 g/mol.